The van der Waals surface area contributed by atoms with Crippen LogP contribution in [0.3, 0.4) is 0 Å². The maximum atomic E-state index is 14.5. The fourth-order valence-corrected chi connectivity index (χ4v) is 11.3. The molecule has 15 nitrogen and oxygen atoms in total. The van der Waals surface area contributed by atoms with Crippen molar-refractivity contribution in [1.29, 1.82) is 0 Å². The molecule has 3 heterocycles. The van der Waals surface area contributed by atoms with Gasteiger partial charge in [-0.3, -0.25) is 0 Å². The molecule has 0 radical (unpaired) electrons. The Morgan fingerprint density at radius 3 is 1.41 bits per heavy atom. The van der Waals surface area contributed by atoms with E-state index in [1.807, 2.05) is 125 Å². The number of carbonyl (C=O) groups excluding carboxylic acids is 3. The van der Waals surface area contributed by atoms with Gasteiger partial charge in [0.15, 0.2) is 31.1 Å². The standard InChI is InChI=1S/C71H76O15/c1-6-38-77-70-65(84-68(74)56-33-20-11-21-34-56)63(48(4)59(81-70)44-76-41-51-26-14-8-15-27-51)86-69-49(5)61(46(2)60(80-69)45-79-66(72)54-29-16-9-17-30-54)85-71-64(83-67(73)55-31-18-10-19-32-55)62(78-42-52-36-37-53-28-22-23-35-57(53)39-52)47(3)58(82-71)43-75-40-50-24-12-7-13-25-50/h6-37,39,46-49,58-65,69-71H,1,38,40-45H2,2-5H3/t46?,47-,48-,49?,58?,59?,60?,61?,62-,63-,64?,65?,69?,70+,71-/m0/s1. The average Bonchev–Trinajstić information content (AvgIpc) is 2.67. The first-order chi connectivity index (χ1) is 42.0. The van der Waals surface area contributed by atoms with Crippen molar-refractivity contribution in [3.05, 3.63) is 240 Å². The van der Waals surface area contributed by atoms with Gasteiger partial charge in [-0.15, -0.1) is 6.58 Å². The predicted molar refractivity (Wildman–Crippen MR) is 321 cm³/mol. The van der Waals surface area contributed by atoms with Crippen molar-refractivity contribution in [2.24, 2.45) is 23.7 Å². The predicted octanol–water partition coefficient (Wildman–Crippen LogP) is 12.2. The van der Waals surface area contributed by atoms with Crippen molar-refractivity contribution in [3.8, 4) is 0 Å². The van der Waals surface area contributed by atoms with Crippen LogP contribution in [0.4, 0.5) is 0 Å². The van der Waals surface area contributed by atoms with E-state index in [-0.39, 0.29) is 33.0 Å². The van der Waals surface area contributed by atoms with Crippen LogP contribution in [0.5, 0.6) is 0 Å². The van der Waals surface area contributed by atoms with E-state index in [9.17, 15) is 14.4 Å². The lowest BCUT2D eigenvalue weighted by Gasteiger charge is -2.51. The molecule has 450 valence electrons. The van der Waals surface area contributed by atoms with Crippen molar-refractivity contribution in [2.45, 2.75) is 115 Å². The minimum absolute atomic E-state index is 0.0582. The van der Waals surface area contributed by atoms with E-state index >= 15 is 0 Å². The van der Waals surface area contributed by atoms with Crippen molar-refractivity contribution in [1.82, 2.24) is 0 Å². The highest BCUT2D eigenvalue weighted by atomic mass is 16.8. The monoisotopic (exact) mass is 1170 g/mol. The van der Waals surface area contributed by atoms with Crippen LogP contribution in [0.25, 0.3) is 10.8 Å². The second-order valence-electron chi connectivity index (χ2n) is 22.3. The van der Waals surface area contributed by atoms with Gasteiger partial charge in [0.05, 0.1) is 80.7 Å². The van der Waals surface area contributed by atoms with Gasteiger partial charge < -0.3 is 56.8 Å². The molecule has 15 heteroatoms. The zero-order valence-electron chi connectivity index (χ0n) is 49.0. The Morgan fingerprint density at radius 1 is 0.407 bits per heavy atom. The van der Waals surface area contributed by atoms with Gasteiger partial charge in [-0.05, 0) is 69.9 Å². The lowest BCUT2D eigenvalue weighted by atomic mass is 9.84. The van der Waals surface area contributed by atoms with E-state index in [1.165, 1.54) is 0 Å². The summed E-state index contributed by atoms with van der Waals surface area (Å²) < 4.78 is 80.6. The Bertz CT molecular complexity index is 3240. The molecule has 0 aromatic heterocycles. The third kappa shape index (κ3) is 15.8. The third-order valence-electron chi connectivity index (χ3n) is 16.3. The highest BCUT2D eigenvalue weighted by Gasteiger charge is 2.54. The molecular weight excluding hydrogens is 1090 g/mol. The van der Waals surface area contributed by atoms with E-state index in [0.717, 1.165) is 27.5 Å². The number of hydrogen-bond acceptors (Lipinski definition) is 15. The summed E-state index contributed by atoms with van der Waals surface area (Å²) in [5.74, 6) is -3.88. The number of hydrogen-bond donors (Lipinski definition) is 0. The number of rotatable bonds is 25. The molecule has 3 aliphatic heterocycles. The molecule has 0 N–H and O–H groups in total. The fourth-order valence-electron chi connectivity index (χ4n) is 11.3. The smallest absolute Gasteiger partial charge is 0.338 e. The summed E-state index contributed by atoms with van der Waals surface area (Å²) >= 11 is 0. The van der Waals surface area contributed by atoms with Gasteiger partial charge in [0.1, 0.15) is 18.8 Å². The SMILES string of the molecule is C=CCO[C@@H]1OC(COCc2ccccc2)[C@H](C)[C@H](OC2OC(COC(=O)c3ccccc3)C(C)C(O[C@@H]3OC(COCc4ccccc4)[C@H](C)[C@H](OCc4ccc5ccccc5c4)C3OC(=O)c3ccccc3)C2C)C1OC(=O)c1ccccc1. The van der Waals surface area contributed by atoms with Gasteiger partial charge in [0.25, 0.3) is 0 Å². The molecule has 7 aromatic carbocycles. The second-order valence-corrected chi connectivity index (χ2v) is 22.3. The first-order valence-corrected chi connectivity index (χ1v) is 29.6. The Labute approximate surface area is 503 Å². The van der Waals surface area contributed by atoms with Gasteiger partial charge in [0.2, 0.25) is 0 Å². The minimum atomic E-state index is -1.27. The largest absolute Gasteiger partial charge is 0.459 e. The normalized spacial score (nSPS) is 27.4. The minimum Gasteiger partial charge on any atom is -0.459 e. The maximum Gasteiger partial charge on any atom is 0.338 e. The van der Waals surface area contributed by atoms with Crippen LogP contribution in [0, 0.1) is 23.7 Å². The number of esters is 3. The van der Waals surface area contributed by atoms with Crippen LogP contribution in [0.15, 0.2) is 207 Å². The molecule has 9 unspecified atom stereocenters. The molecule has 3 saturated heterocycles. The molecule has 10 rings (SSSR count). The second kappa shape index (κ2) is 30.3. The molecule has 0 amide bonds. The van der Waals surface area contributed by atoms with Crippen LogP contribution in [0.2, 0.25) is 0 Å². The number of ether oxygens (including phenoxy) is 12. The van der Waals surface area contributed by atoms with Crippen LogP contribution in [-0.4, -0.2) is 112 Å². The van der Waals surface area contributed by atoms with Crippen molar-refractivity contribution >= 4 is 28.7 Å². The van der Waals surface area contributed by atoms with Crippen LogP contribution >= 0.6 is 0 Å². The molecule has 0 spiro atoms. The molecule has 0 aliphatic carbocycles. The highest BCUT2D eigenvalue weighted by Crippen LogP contribution is 2.42. The molecule has 15 atom stereocenters. The van der Waals surface area contributed by atoms with Crippen molar-refractivity contribution in [2.75, 3.05) is 26.4 Å². The van der Waals surface area contributed by atoms with E-state index in [0.29, 0.717) is 29.9 Å². The molecule has 7 aromatic rings. The molecule has 86 heavy (non-hydrogen) atoms. The lowest BCUT2D eigenvalue weighted by molar-refractivity contribution is -0.362. The Kier molecular flexibility index (Phi) is 21.7. The quantitative estimate of drug-likeness (QED) is 0.0302. The van der Waals surface area contributed by atoms with Gasteiger partial charge >= 0.3 is 17.9 Å². The summed E-state index contributed by atoms with van der Waals surface area (Å²) in [6, 6.07) is 60.1. The van der Waals surface area contributed by atoms with E-state index in [4.69, 9.17) is 56.8 Å². The van der Waals surface area contributed by atoms with Gasteiger partial charge in [-0.1, -0.05) is 185 Å². The molecule has 3 aliphatic rings. The molecule has 0 bridgehead atoms. The summed E-state index contributed by atoms with van der Waals surface area (Å²) in [6.45, 7) is 12.6. The summed E-state index contributed by atoms with van der Waals surface area (Å²) in [4.78, 5) is 42.4. The topological polar surface area (TPSA) is 162 Å². The Balaban J connectivity index is 1.00. The lowest BCUT2D eigenvalue weighted by Crippen LogP contribution is -2.63. The summed E-state index contributed by atoms with van der Waals surface area (Å²) in [5, 5.41) is 2.15. The molecule has 0 saturated carbocycles. The molecule has 3 fully saturated rings. The Hall–Kier alpha value is -7.41. The Morgan fingerprint density at radius 2 is 0.849 bits per heavy atom. The van der Waals surface area contributed by atoms with Gasteiger partial charge in [0, 0.05) is 23.7 Å². The number of fused-ring (bicyclic) bond motifs is 1. The van der Waals surface area contributed by atoms with Crippen molar-refractivity contribution < 1.29 is 71.2 Å². The van der Waals surface area contributed by atoms with Crippen LogP contribution < -0.4 is 0 Å². The highest BCUT2D eigenvalue weighted by molar-refractivity contribution is 5.90. The third-order valence-corrected chi connectivity index (χ3v) is 16.3. The fraction of sp³-hybridized carbons (Fsp3) is 0.366. The van der Waals surface area contributed by atoms with E-state index < -0.39 is 109 Å². The molecular formula is C71H76O15. The summed E-state index contributed by atoms with van der Waals surface area (Å²) in [7, 11) is 0. The van der Waals surface area contributed by atoms with Gasteiger partial charge in [-0.25, -0.2) is 14.4 Å². The van der Waals surface area contributed by atoms with Gasteiger partial charge in [-0.2, -0.15) is 0 Å². The van der Waals surface area contributed by atoms with E-state index in [1.54, 1.807) is 78.9 Å². The number of benzene rings is 7. The summed E-state index contributed by atoms with van der Waals surface area (Å²) in [6.07, 6.45) is -8.97. The van der Waals surface area contributed by atoms with E-state index in [2.05, 4.69) is 30.8 Å². The van der Waals surface area contributed by atoms with Crippen molar-refractivity contribution in [3.63, 3.8) is 0 Å². The zero-order chi connectivity index (χ0) is 59.8. The number of carbonyl (C=O) groups is 3. The van der Waals surface area contributed by atoms with Crippen LogP contribution in [0.1, 0.15) is 75.5 Å². The van der Waals surface area contributed by atoms with Crippen LogP contribution in [-0.2, 0) is 76.7 Å². The average molecular weight is 1170 g/mol. The zero-order valence-corrected chi connectivity index (χ0v) is 49.0. The maximum absolute atomic E-state index is 14.5. The summed E-state index contributed by atoms with van der Waals surface area (Å²) in [5.41, 5.74) is 3.88. The first kappa shape index (κ1) is 61.7. The first-order valence-electron chi connectivity index (χ1n) is 29.6.